The molecule has 0 bridgehead atoms. The number of carbonyl (C=O) groups excluding carboxylic acids is 2. The highest BCUT2D eigenvalue weighted by atomic mass is 31.0. The topological polar surface area (TPSA) is 80.1 Å². The monoisotopic (exact) mass is 449 g/mol. The zero-order valence-electron chi connectivity index (χ0n) is 17.9. The first-order chi connectivity index (χ1) is 14.4. The molecule has 0 aromatic heterocycles. The Morgan fingerprint density at radius 3 is 2.55 bits per heavy atom. The number of carbonyl (C=O) groups is 2. The minimum absolute atomic E-state index is 0.131. The molecule has 166 valence electrons. The Kier molecular flexibility index (Phi) is 6.28. The molecule has 31 heavy (non-hydrogen) atoms. The number of nitrogens with zero attached hydrogens (tertiary/aromatic N) is 4. The molecule has 1 aromatic rings. The summed E-state index contributed by atoms with van der Waals surface area (Å²) < 4.78 is 27.4. The smallest absolute Gasteiger partial charge is 0.306 e. The minimum Gasteiger partial charge on any atom is -0.306 e. The lowest BCUT2D eigenvalue weighted by molar-refractivity contribution is -0.132. The summed E-state index contributed by atoms with van der Waals surface area (Å²) in [6.45, 7) is 7.34. The van der Waals surface area contributed by atoms with Crippen LogP contribution in [0.4, 0.5) is 13.6 Å². The van der Waals surface area contributed by atoms with E-state index in [-0.39, 0.29) is 12.1 Å². The van der Waals surface area contributed by atoms with Crippen LogP contribution < -0.4 is 0 Å². The standard InChI is InChI=1S/C21H26F2N5O2P/c1-12(24)17(13(2)31)11-26-10-16(8-25-26)28-19(29)21(3,4)27(20(28)30)9-14-5-6-15(22)7-18(14)23/h5-8,16,24H,9-11,31H2,1-4H3/b17-13-,24-12?. The van der Waals surface area contributed by atoms with Crippen LogP contribution in [-0.4, -0.2) is 63.3 Å². The van der Waals surface area contributed by atoms with Gasteiger partial charge >= 0.3 is 6.03 Å². The van der Waals surface area contributed by atoms with Gasteiger partial charge in [-0.3, -0.25) is 14.7 Å². The second-order valence-electron chi connectivity index (χ2n) is 8.30. The molecule has 2 unspecified atom stereocenters. The van der Waals surface area contributed by atoms with Crippen molar-refractivity contribution in [1.82, 2.24) is 14.8 Å². The largest absolute Gasteiger partial charge is 0.328 e. The van der Waals surface area contributed by atoms with Crippen LogP contribution in [0.25, 0.3) is 0 Å². The number of hydrogen-bond donors (Lipinski definition) is 1. The molecule has 10 heteroatoms. The maximum Gasteiger partial charge on any atom is 0.328 e. The van der Waals surface area contributed by atoms with E-state index in [1.54, 1.807) is 32.0 Å². The lowest BCUT2D eigenvalue weighted by Gasteiger charge is -2.27. The summed E-state index contributed by atoms with van der Waals surface area (Å²) in [6, 6.07) is 2.04. The number of halogens is 2. The van der Waals surface area contributed by atoms with E-state index < -0.39 is 35.2 Å². The van der Waals surface area contributed by atoms with Crippen molar-refractivity contribution in [2.24, 2.45) is 5.10 Å². The van der Waals surface area contributed by atoms with Gasteiger partial charge in [-0.1, -0.05) is 6.07 Å². The molecular weight excluding hydrogens is 423 g/mol. The zero-order chi connectivity index (χ0) is 23.1. The molecule has 2 aliphatic rings. The molecule has 3 amide bonds. The third kappa shape index (κ3) is 4.37. The summed E-state index contributed by atoms with van der Waals surface area (Å²) in [5.74, 6) is -1.88. The molecule has 0 spiro atoms. The van der Waals surface area contributed by atoms with Gasteiger partial charge in [-0.05, 0) is 44.6 Å². The first-order valence-corrected chi connectivity index (χ1v) is 10.4. The van der Waals surface area contributed by atoms with E-state index in [4.69, 9.17) is 5.41 Å². The van der Waals surface area contributed by atoms with Crippen molar-refractivity contribution in [3.63, 3.8) is 0 Å². The number of hydrogen-bond acceptors (Lipinski definition) is 5. The average molecular weight is 449 g/mol. The minimum atomic E-state index is -1.19. The Hall–Kier alpha value is -2.67. The van der Waals surface area contributed by atoms with Gasteiger partial charge in [-0.25, -0.2) is 13.6 Å². The fourth-order valence-electron chi connectivity index (χ4n) is 3.70. The molecule has 1 aromatic carbocycles. The Balaban J connectivity index is 1.78. The van der Waals surface area contributed by atoms with E-state index in [9.17, 15) is 18.4 Å². The summed E-state index contributed by atoms with van der Waals surface area (Å²) in [6.07, 6.45) is 1.54. The highest BCUT2D eigenvalue weighted by molar-refractivity contribution is 7.22. The number of urea groups is 1. The number of hydrazone groups is 1. The van der Waals surface area contributed by atoms with Crippen LogP contribution in [0.2, 0.25) is 0 Å². The van der Waals surface area contributed by atoms with Crippen LogP contribution in [0.3, 0.4) is 0 Å². The van der Waals surface area contributed by atoms with Gasteiger partial charge in [-0.2, -0.15) is 5.10 Å². The lowest BCUT2D eigenvalue weighted by atomic mass is 10.0. The number of rotatable bonds is 6. The Morgan fingerprint density at radius 1 is 1.29 bits per heavy atom. The number of amides is 3. The number of allylic oxidation sites excluding steroid dienone is 1. The van der Waals surface area contributed by atoms with E-state index in [1.807, 2.05) is 6.92 Å². The summed E-state index contributed by atoms with van der Waals surface area (Å²) in [4.78, 5) is 28.7. The van der Waals surface area contributed by atoms with Crippen molar-refractivity contribution >= 4 is 33.1 Å². The number of nitrogens with one attached hydrogen (secondary N) is 1. The number of imide groups is 1. The van der Waals surface area contributed by atoms with Gasteiger partial charge in [0.1, 0.15) is 17.2 Å². The van der Waals surface area contributed by atoms with Gasteiger partial charge in [-0.15, -0.1) is 9.24 Å². The number of benzene rings is 1. The average Bonchev–Trinajstić information content (AvgIpc) is 3.18. The van der Waals surface area contributed by atoms with Gasteiger partial charge in [0.25, 0.3) is 5.91 Å². The predicted molar refractivity (Wildman–Crippen MR) is 118 cm³/mol. The predicted octanol–water partition coefficient (Wildman–Crippen LogP) is 3.37. The third-order valence-electron chi connectivity index (χ3n) is 5.60. The molecule has 1 N–H and O–H groups in total. The third-order valence-corrected chi connectivity index (χ3v) is 5.95. The van der Waals surface area contributed by atoms with Crippen LogP contribution in [-0.2, 0) is 11.3 Å². The van der Waals surface area contributed by atoms with Crippen LogP contribution in [0.1, 0.15) is 33.3 Å². The maximum absolute atomic E-state index is 14.2. The molecule has 7 nitrogen and oxygen atoms in total. The summed E-state index contributed by atoms with van der Waals surface area (Å²) in [5.41, 5.74) is 0.182. The first kappa shape index (κ1) is 23.0. The van der Waals surface area contributed by atoms with Crippen molar-refractivity contribution in [3.05, 3.63) is 46.3 Å². The Morgan fingerprint density at radius 2 is 1.97 bits per heavy atom. The van der Waals surface area contributed by atoms with Crippen molar-refractivity contribution in [2.75, 3.05) is 13.1 Å². The first-order valence-electron chi connectivity index (χ1n) is 9.82. The van der Waals surface area contributed by atoms with Gasteiger partial charge in [0.2, 0.25) is 0 Å². The second-order valence-corrected chi connectivity index (χ2v) is 9.17. The quantitative estimate of drug-likeness (QED) is 0.411. The molecule has 0 aliphatic carbocycles. The van der Waals surface area contributed by atoms with E-state index in [2.05, 4.69) is 14.3 Å². The summed E-state index contributed by atoms with van der Waals surface area (Å²) in [5, 5.41) is 14.9. The van der Waals surface area contributed by atoms with Gasteiger partial charge in [0.05, 0.1) is 25.7 Å². The van der Waals surface area contributed by atoms with E-state index in [1.165, 1.54) is 11.0 Å². The molecule has 0 radical (unpaired) electrons. The fraction of sp³-hybridized carbons (Fsp3) is 0.429. The van der Waals surface area contributed by atoms with E-state index >= 15 is 0 Å². The highest BCUT2D eigenvalue weighted by Gasteiger charge is 2.54. The molecule has 1 saturated heterocycles. The van der Waals surface area contributed by atoms with Gasteiger partial charge in [0.15, 0.2) is 0 Å². The normalized spacial score (nSPS) is 21.3. The lowest BCUT2D eigenvalue weighted by Crippen LogP contribution is -2.46. The molecule has 1 fully saturated rings. The van der Waals surface area contributed by atoms with Crippen molar-refractivity contribution in [2.45, 2.75) is 45.8 Å². The highest BCUT2D eigenvalue weighted by Crippen LogP contribution is 2.32. The second kappa shape index (κ2) is 8.46. The van der Waals surface area contributed by atoms with Crippen molar-refractivity contribution in [1.29, 1.82) is 5.41 Å². The van der Waals surface area contributed by atoms with Crippen LogP contribution in [0, 0.1) is 17.0 Å². The maximum atomic E-state index is 14.2. The molecular formula is C21H26F2N5O2P. The Bertz CT molecular complexity index is 1000. The van der Waals surface area contributed by atoms with Gasteiger partial charge < -0.3 is 10.3 Å². The Labute approximate surface area is 182 Å². The van der Waals surface area contributed by atoms with Crippen molar-refractivity contribution in [3.8, 4) is 0 Å². The molecule has 3 rings (SSSR count). The molecule has 2 aliphatic heterocycles. The summed E-state index contributed by atoms with van der Waals surface area (Å²) in [7, 11) is 2.58. The summed E-state index contributed by atoms with van der Waals surface area (Å²) >= 11 is 0. The van der Waals surface area contributed by atoms with Gasteiger partial charge in [0, 0.05) is 23.6 Å². The molecule has 0 saturated carbocycles. The van der Waals surface area contributed by atoms with Crippen LogP contribution in [0.5, 0.6) is 0 Å². The van der Waals surface area contributed by atoms with E-state index in [0.717, 1.165) is 27.9 Å². The van der Waals surface area contributed by atoms with E-state index in [0.29, 0.717) is 18.8 Å². The molecule has 2 atom stereocenters. The van der Waals surface area contributed by atoms with Crippen LogP contribution >= 0.6 is 9.24 Å². The van der Waals surface area contributed by atoms with Crippen LogP contribution in [0.15, 0.2) is 34.2 Å². The zero-order valence-corrected chi connectivity index (χ0v) is 19.1. The SMILES string of the molecule is CC(=N)/C(CN1CC(N2C(=O)N(Cc3ccc(F)cc3F)C(C)(C)C2=O)C=N1)=C(/C)P. The van der Waals surface area contributed by atoms with Crippen molar-refractivity contribution < 1.29 is 18.4 Å². The fourth-order valence-corrected chi connectivity index (χ4v) is 4.01. The molecule has 2 heterocycles.